The van der Waals surface area contributed by atoms with Gasteiger partial charge >= 0.3 is 17.4 Å². The second-order valence-corrected chi connectivity index (χ2v) is 4.34. The summed E-state index contributed by atoms with van der Waals surface area (Å²) >= 11 is 0. The van der Waals surface area contributed by atoms with Crippen molar-refractivity contribution in [1.82, 2.24) is 0 Å². The van der Waals surface area contributed by atoms with Gasteiger partial charge in [0, 0.05) is 0 Å². The molecule has 0 atom stereocenters. The Morgan fingerprint density at radius 2 is 1.45 bits per heavy atom. The molecule has 1 nitrogen and oxygen atoms in total. The van der Waals surface area contributed by atoms with Crippen LogP contribution in [-0.4, -0.2) is 30.5 Å². The van der Waals surface area contributed by atoms with E-state index in [2.05, 4.69) is 11.4 Å². The summed E-state index contributed by atoms with van der Waals surface area (Å²) in [4.78, 5) is 0. The van der Waals surface area contributed by atoms with E-state index in [-0.39, 0.29) is 17.4 Å². The maximum atomic E-state index is 5.92. The largest absolute Gasteiger partial charge is 3.00 e. The van der Waals surface area contributed by atoms with Crippen LogP contribution in [0, 0.1) is 12.7 Å². The molecule has 0 N–H and O–H groups in total. The summed E-state index contributed by atoms with van der Waals surface area (Å²) in [6.45, 7) is 11.9. The molecule has 2 aromatic carbocycles. The van der Waals surface area contributed by atoms with Gasteiger partial charge in [-0.05, 0) is 5.56 Å². The first-order valence-electron chi connectivity index (χ1n) is 7.23. The molecule has 0 fully saturated rings. The van der Waals surface area contributed by atoms with Gasteiger partial charge in [0.15, 0.2) is 0 Å². The Bertz CT molecular complexity index is 530. The van der Waals surface area contributed by atoms with Crippen molar-refractivity contribution in [2.75, 3.05) is 13.1 Å². The van der Waals surface area contributed by atoms with Crippen LogP contribution in [0.1, 0.15) is 25.0 Å². The fourth-order valence-electron chi connectivity index (χ4n) is 1.63. The van der Waals surface area contributed by atoms with E-state index < -0.39 is 0 Å². The van der Waals surface area contributed by atoms with Crippen LogP contribution >= 0.6 is 0 Å². The molecule has 0 radical (unpaired) electrons. The molecule has 0 aromatic heterocycles. The monoisotopic (exact) mass is 303 g/mol. The van der Waals surface area contributed by atoms with Gasteiger partial charge in [-0.1, -0.05) is 62.4 Å². The molecule has 0 spiro atoms. The van der Waals surface area contributed by atoms with Gasteiger partial charge < -0.3 is 23.5 Å². The topological polar surface area (TPSA) is 14.1 Å². The molecule has 0 bridgehead atoms. The Morgan fingerprint density at radius 1 is 0.955 bits per heavy atom. The van der Waals surface area contributed by atoms with Gasteiger partial charge in [-0.3, -0.25) is 0 Å². The van der Waals surface area contributed by atoms with Crippen molar-refractivity contribution >= 4 is 29.0 Å². The Morgan fingerprint density at radius 3 is 1.91 bits per heavy atom. The minimum atomic E-state index is 0. The van der Waals surface area contributed by atoms with Gasteiger partial charge in [-0.2, -0.15) is 31.3 Å². The standard InChI is InChI=1S/C16H12.C4H10N.Al/c1-14(16-10-6-3-7-11-16)12-13-15-8-4-2-5-9-15;1-3-5-4-2;/h1-11,13H;3-4H2,1-2H3;/q-2;-1;+3. The van der Waals surface area contributed by atoms with Crippen LogP contribution in [0.3, 0.4) is 0 Å². The second-order valence-electron chi connectivity index (χ2n) is 4.34. The van der Waals surface area contributed by atoms with Crippen LogP contribution in [0.4, 0.5) is 0 Å². The Balaban J connectivity index is 0.000000644. The molecule has 2 aromatic rings. The van der Waals surface area contributed by atoms with Gasteiger partial charge in [-0.15, -0.1) is 0 Å². The van der Waals surface area contributed by atoms with E-state index in [4.69, 9.17) is 6.58 Å². The van der Waals surface area contributed by atoms with Crippen molar-refractivity contribution in [1.29, 1.82) is 0 Å². The molecular weight excluding hydrogens is 281 g/mol. The molecule has 110 valence electrons. The Hall–Kier alpha value is -1.59. The molecule has 0 unspecified atom stereocenters. The number of hydrogen-bond donors (Lipinski definition) is 0. The third kappa shape index (κ3) is 8.64. The predicted octanol–water partition coefficient (Wildman–Crippen LogP) is 5.04. The number of hydrogen-bond acceptors (Lipinski definition) is 0. The van der Waals surface area contributed by atoms with Crippen molar-refractivity contribution in [3.05, 3.63) is 89.8 Å². The molecule has 0 aliphatic carbocycles. The van der Waals surface area contributed by atoms with E-state index in [1.165, 1.54) is 0 Å². The van der Waals surface area contributed by atoms with Crippen LogP contribution < -0.4 is 0 Å². The quantitative estimate of drug-likeness (QED) is 0.417. The maximum absolute atomic E-state index is 5.92. The molecular formula is C20H22AlN. The summed E-state index contributed by atoms with van der Waals surface area (Å²) in [6.07, 6.45) is 4.98. The first kappa shape index (κ1) is 20.4. The molecule has 0 heterocycles. The molecule has 0 amide bonds. The van der Waals surface area contributed by atoms with Gasteiger partial charge in [-0.25, -0.2) is 5.56 Å². The molecule has 22 heavy (non-hydrogen) atoms. The number of rotatable bonds is 5. The third-order valence-electron chi connectivity index (χ3n) is 2.73. The normalized spacial score (nSPS) is 9.55. The fourth-order valence-corrected chi connectivity index (χ4v) is 1.63. The maximum Gasteiger partial charge on any atom is 3.00 e. The summed E-state index contributed by atoms with van der Waals surface area (Å²) in [7, 11) is 0. The van der Waals surface area contributed by atoms with Crippen LogP contribution in [0.2, 0.25) is 0 Å². The number of nitrogens with zero attached hydrogens (tertiary/aromatic N) is 1. The van der Waals surface area contributed by atoms with Crippen LogP contribution in [0.5, 0.6) is 0 Å². The van der Waals surface area contributed by atoms with Crippen molar-refractivity contribution in [2.45, 2.75) is 13.8 Å². The fraction of sp³-hybridized carbons (Fsp3) is 0.200. The van der Waals surface area contributed by atoms with Gasteiger partial charge in [0.1, 0.15) is 0 Å². The predicted molar refractivity (Wildman–Crippen MR) is 98.5 cm³/mol. The van der Waals surface area contributed by atoms with E-state index in [1.54, 1.807) is 0 Å². The van der Waals surface area contributed by atoms with Crippen molar-refractivity contribution < 1.29 is 0 Å². The number of allylic oxidation sites excluding steroid dienone is 2. The zero-order valence-corrected chi connectivity index (χ0v) is 14.5. The molecule has 0 saturated heterocycles. The first-order chi connectivity index (χ1) is 10.3. The zero-order valence-electron chi connectivity index (χ0n) is 13.4. The van der Waals surface area contributed by atoms with Crippen molar-refractivity contribution in [3.63, 3.8) is 0 Å². The molecule has 2 heteroatoms. The molecule has 0 aliphatic rings. The van der Waals surface area contributed by atoms with Gasteiger partial charge in [0.25, 0.3) is 0 Å². The smallest absolute Gasteiger partial charge is 0.663 e. The van der Waals surface area contributed by atoms with Crippen LogP contribution in [0.25, 0.3) is 17.0 Å². The van der Waals surface area contributed by atoms with Crippen LogP contribution in [0.15, 0.2) is 60.7 Å². The summed E-state index contributed by atoms with van der Waals surface area (Å²) < 4.78 is 0. The molecule has 0 saturated carbocycles. The van der Waals surface area contributed by atoms with Gasteiger partial charge in [0.2, 0.25) is 0 Å². The zero-order chi connectivity index (χ0) is 15.3. The van der Waals surface area contributed by atoms with E-state index in [0.29, 0.717) is 5.57 Å². The van der Waals surface area contributed by atoms with Crippen molar-refractivity contribution in [3.8, 4) is 0 Å². The van der Waals surface area contributed by atoms with Crippen molar-refractivity contribution in [2.24, 2.45) is 0 Å². The minimum absolute atomic E-state index is 0. The minimum Gasteiger partial charge on any atom is -0.663 e. The third-order valence-corrected chi connectivity index (χ3v) is 2.73. The van der Waals surface area contributed by atoms with E-state index in [1.807, 2.05) is 80.6 Å². The SMILES string of the molecule is CC[N-]CC.[Al+3].[CH-]=C([C-]=Cc1ccccc1)c1ccccc1. The average Bonchev–Trinajstić information content (AvgIpc) is 2.56. The summed E-state index contributed by atoms with van der Waals surface area (Å²) in [6, 6.07) is 19.9. The summed E-state index contributed by atoms with van der Waals surface area (Å²) in [5.74, 6) is 0. The van der Waals surface area contributed by atoms with Gasteiger partial charge in [0.05, 0.1) is 0 Å². The Labute approximate surface area is 145 Å². The second kappa shape index (κ2) is 13.1. The average molecular weight is 303 g/mol. The number of benzene rings is 2. The Kier molecular flexibility index (Phi) is 12.2. The summed E-state index contributed by atoms with van der Waals surface area (Å²) in [5, 5.41) is 3.97. The molecule has 0 aliphatic heterocycles. The van der Waals surface area contributed by atoms with E-state index in [0.717, 1.165) is 24.2 Å². The van der Waals surface area contributed by atoms with E-state index >= 15 is 0 Å². The first-order valence-corrected chi connectivity index (χ1v) is 7.23. The summed E-state index contributed by atoms with van der Waals surface area (Å²) in [5.41, 5.74) is 2.75. The molecule has 2 rings (SSSR count). The van der Waals surface area contributed by atoms with Crippen LogP contribution in [-0.2, 0) is 0 Å². The van der Waals surface area contributed by atoms with E-state index in [9.17, 15) is 0 Å².